The van der Waals surface area contributed by atoms with Crippen LogP contribution >= 0.6 is 11.8 Å². The Bertz CT molecular complexity index is 645. The minimum atomic E-state index is -0.194. The van der Waals surface area contributed by atoms with Crippen LogP contribution in [0, 0.1) is 5.82 Å². The highest BCUT2D eigenvalue weighted by Crippen LogP contribution is 2.20. The van der Waals surface area contributed by atoms with Gasteiger partial charge in [0.1, 0.15) is 11.6 Å². The van der Waals surface area contributed by atoms with E-state index in [1.807, 2.05) is 30.3 Å². The molecule has 23 heavy (non-hydrogen) atoms. The second kappa shape index (κ2) is 9.36. The molecule has 0 spiro atoms. The van der Waals surface area contributed by atoms with Gasteiger partial charge in [0.2, 0.25) is 0 Å². The minimum absolute atomic E-state index is 0.194. The lowest BCUT2D eigenvalue weighted by atomic mass is 10.0. The van der Waals surface area contributed by atoms with Gasteiger partial charge in [-0.15, -0.1) is 11.8 Å². The van der Waals surface area contributed by atoms with Gasteiger partial charge in [0.15, 0.2) is 0 Å². The number of Topliss-reactive ketones (excluding diaryl/α,β-unsaturated/α-hetero) is 1. The summed E-state index contributed by atoms with van der Waals surface area (Å²) in [6.45, 7) is 0. The van der Waals surface area contributed by atoms with Crippen molar-refractivity contribution in [3.8, 4) is 0 Å². The summed E-state index contributed by atoms with van der Waals surface area (Å²) in [6, 6.07) is 14.2. The van der Waals surface area contributed by atoms with Crippen LogP contribution in [0.3, 0.4) is 0 Å². The van der Waals surface area contributed by atoms with Crippen LogP contribution in [0.25, 0.3) is 0 Å². The summed E-state index contributed by atoms with van der Waals surface area (Å²) < 4.78 is 13.0. The van der Waals surface area contributed by atoms with E-state index in [1.165, 1.54) is 6.07 Å². The third-order valence-corrected chi connectivity index (χ3v) is 4.69. The van der Waals surface area contributed by atoms with Crippen molar-refractivity contribution in [2.75, 3.05) is 11.5 Å². The number of carbonyl (C=O) groups excluding carboxylic acids is 1. The molecule has 2 aromatic carbocycles. The van der Waals surface area contributed by atoms with E-state index in [4.69, 9.17) is 5.73 Å². The highest BCUT2D eigenvalue weighted by atomic mass is 32.2. The molecule has 0 saturated carbocycles. The summed E-state index contributed by atoms with van der Waals surface area (Å²) in [7, 11) is 0. The molecule has 0 aliphatic heterocycles. The van der Waals surface area contributed by atoms with Gasteiger partial charge in [-0.05, 0) is 48.4 Å². The van der Waals surface area contributed by atoms with Crippen LogP contribution in [0.1, 0.15) is 31.2 Å². The monoisotopic (exact) mass is 331 g/mol. The molecule has 2 nitrogen and oxygen atoms in total. The number of para-hydroxylation sites is 1. The number of unbranched alkanes of at least 4 members (excludes halogenated alkanes) is 2. The number of thioether (sulfide) groups is 1. The van der Waals surface area contributed by atoms with Gasteiger partial charge >= 0.3 is 0 Å². The SMILES string of the molecule is Nc1ccccc1CC(=O)CCCCCSc1cccc(F)c1. The first-order valence-electron chi connectivity index (χ1n) is 7.88. The Kier molecular flexibility index (Phi) is 7.14. The molecule has 0 fully saturated rings. The summed E-state index contributed by atoms with van der Waals surface area (Å²) in [6.07, 6.45) is 3.96. The maximum Gasteiger partial charge on any atom is 0.137 e. The molecule has 122 valence electrons. The molecule has 0 unspecified atom stereocenters. The Morgan fingerprint density at radius 3 is 2.65 bits per heavy atom. The third kappa shape index (κ3) is 6.45. The number of ketones is 1. The van der Waals surface area contributed by atoms with E-state index < -0.39 is 0 Å². The number of nitrogen functional groups attached to an aromatic ring is 1. The smallest absolute Gasteiger partial charge is 0.137 e. The van der Waals surface area contributed by atoms with Crippen LogP contribution < -0.4 is 5.73 Å². The fourth-order valence-corrected chi connectivity index (χ4v) is 3.30. The second-order valence-corrected chi connectivity index (χ2v) is 6.70. The maximum absolute atomic E-state index is 13.0. The Labute approximate surface area is 141 Å². The fraction of sp³-hybridized carbons (Fsp3) is 0.316. The van der Waals surface area contributed by atoms with E-state index in [0.29, 0.717) is 18.5 Å². The van der Waals surface area contributed by atoms with Crippen LogP contribution in [0.4, 0.5) is 10.1 Å². The molecule has 0 heterocycles. The lowest BCUT2D eigenvalue weighted by Gasteiger charge is -2.05. The molecule has 2 N–H and O–H groups in total. The highest BCUT2D eigenvalue weighted by molar-refractivity contribution is 7.99. The Hall–Kier alpha value is -1.81. The molecule has 0 amide bonds. The van der Waals surface area contributed by atoms with Gasteiger partial charge in [-0.2, -0.15) is 0 Å². The Morgan fingerprint density at radius 1 is 1.04 bits per heavy atom. The zero-order valence-electron chi connectivity index (χ0n) is 13.1. The van der Waals surface area contributed by atoms with Crippen molar-refractivity contribution in [3.05, 3.63) is 59.9 Å². The van der Waals surface area contributed by atoms with E-state index in [1.54, 1.807) is 23.9 Å². The van der Waals surface area contributed by atoms with E-state index >= 15 is 0 Å². The first-order chi connectivity index (χ1) is 11.1. The van der Waals surface area contributed by atoms with E-state index in [2.05, 4.69) is 0 Å². The topological polar surface area (TPSA) is 43.1 Å². The molecule has 0 atom stereocenters. The molecule has 4 heteroatoms. The summed E-state index contributed by atoms with van der Waals surface area (Å²) in [5, 5.41) is 0. The molecular weight excluding hydrogens is 309 g/mol. The Balaban J connectivity index is 1.58. The number of nitrogens with two attached hydrogens (primary N) is 1. The maximum atomic E-state index is 13.0. The first kappa shape index (κ1) is 17.5. The zero-order valence-corrected chi connectivity index (χ0v) is 13.9. The summed E-state index contributed by atoms with van der Waals surface area (Å²) in [4.78, 5) is 12.9. The number of rotatable bonds is 9. The van der Waals surface area contributed by atoms with Gasteiger partial charge < -0.3 is 5.73 Å². The van der Waals surface area contributed by atoms with Crippen molar-refractivity contribution in [3.63, 3.8) is 0 Å². The molecule has 0 aromatic heterocycles. The number of hydrogen-bond donors (Lipinski definition) is 1. The lowest BCUT2D eigenvalue weighted by molar-refractivity contribution is -0.118. The quantitative estimate of drug-likeness (QED) is 0.405. The van der Waals surface area contributed by atoms with Crippen LogP contribution in [0.15, 0.2) is 53.4 Å². The highest BCUT2D eigenvalue weighted by Gasteiger charge is 2.06. The third-order valence-electron chi connectivity index (χ3n) is 3.61. The van der Waals surface area contributed by atoms with Crippen molar-refractivity contribution >= 4 is 23.2 Å². The molecule has 2 rings (SSSR count). The predicted octanol–water partition coefficient (Wildman–Crippen LogP) is 4.87. The average Bonchev–Trinajstić information content (AvgIpc) is 2.53. The van der Waals surface area contributed by atoms with E-state index in [-0.39, 0.29) is 11.6 Å². The fourth-order valence-electron chi connectivity index (χ4n) is 2.34. The van der Waals surface area contributed by atoms with Gasteiger partial charge in [0.25, 0.3) is 0 Å². The molecule has 0 bridgehead atoms. The zero-order chi connectivity index (χ0) is 16.5. The number of hydrogen-bond acceptors (Lipinski definition) is 3. The van der Waals surface area contributed by atoms with E-state index in [9.17, 15) is 9.18 Å². The predicted molar refractivity (Wildman–Crippen MR) is 95.2 cm³/mol. The van der Waals surface area contributed by atoms with E-state index in [0.717, 1.165) is 35.5 Å². The molecular formula is C19H22FNOS. The molecule has 0 radical (unpaired) electrons. The van der Waals surface area contributed by atoms with Gasteiger partial charge in [0, 0.05) is 23.4 Å². The van der Waals surface area contributed by atoms with Crippen molar-refractivity contribution < 1.29 is 9.18 Å². The van der Waals surface area contributed by atoms with Crippen molar-refractivity contribution in [2.45, 2.75) is 37.0 Å². The Morgan fingerprint density at radius 2 is 1.87 bits per heavy atom. The lowest BCUT2D eigenvalue weighted by Crippen LogP contribution is -2.05. The summed E-state index contributed by atoms with van der Waals surface area (Å²) in [5.41, 5.74) is 7.45. The van der Waals surface area contributed by atoms with Gasteiger partial charge in [-0.1, -0.05) is 30.7 Å². The van der Waals surface area contributed by atoms with Crippen LogP contribution in [-0.4, -0.2) is 11.5 Å². The van der Waals surface area contributed by atoms with Crippen LogP contribution in [0.2, 0.25) is 0 Å². The van der Waals surface area contributed by atoms with Crippen LogP contribution in [0.5, 0.6) is 0 Å². The molecule has 0 aliphatic carbocycles. The number of halogens is 1. The standard InChI is InChI=1S/C19H22FNOS/c20-16-8-6-10-18(14-16)23-12-5-1-2-9-17(22)13-15-7-3-4-11-19(15)21/h3-4,6-8,10-11,14H,1-2,5,9,12-13,21H2. The number of anilines is 1. The summed E-state index contributed by atoms with van der Waals surface area (Å²) >= 11 is 1.66. The van der Waals surface area contributed by atoms with Crippen molar-refractivity contribution in [2.24, 2.45) is 0 Å². The molecule has 0 saturated heterocycles. The normalized spacial score (nSPS) is 10.7. The van der Waals surface area contributed by atoms with Gasteiger partial charge in [-0.25, -0.2) is 4.39 Å². The number of carbonyl (C=O) groups is 1. The van der Waals surface area contributed by atoms with Crippen LogP contribution in [-0.2, 0) is 11.2 Å². The summed E-state index contributed by atoms with van der Waals surface area (Å²) in [5.74, 6) is 0.991. The average molecular weight is 331 g/mol. The molecule has 2 aromatic rings. The second-order valence-electron chi connectivity index (χ2n) is 5.53. The van der Waals surface area contributed by atoms with Crippen molar-refractivity contribution in [1.82, 2.24) is 0 Å². The first-order valence-corrected chi connectivity index (χ1v) is 8.87. The number of benzene rings is 2. The largest absolute Gasteiger partial charge is 0.398 e. The van der Waals surface area contributed by atoms with Crippen molar-refractivity contribution in [1.29, 1.82) is 0 Å². The molecule has 0 aliphatic rings. The van der Waals surface area contributed by atoms with Gasteiger partial charge in [0.05, 0.1) is 0 Å². The van der Waals surface area contributed by atoms with Gasteiger partial charge in [-0.3, -0.25) is 4.79 Å². The minimum Gasteiger partial charge on any atom is -0.398 e.